The molecule has 1 aliphatic heterocycles. The molecule has 2 N–H and O–H groups in total. The molecule has 2 aromatic rings. The summed E-state index contributed by atoms with van der Waals surface area (Å²) in [6, 6.07) is 0.168. The maximum absolute atomic E-state index is 11.9. The van der Waals surface area contributed by atoms with Crippen LogP contribution < -0.4 is 10.2 Å². The quantitative estimate of drug-likeness (QED) is 0.883. The van der Waals surface area contributed by atoms with E-state index in [2.05, 4.69) is 30.2 Å². The molecule has 21 heavy (non-hydrogen) atoms. The van der Waals surface area contributed by atoms with Crippen LogP contribution in [0.1, 0.15) is 26.7 Å². The Balaban J connectivity index is 1.77. The molecule has 0 saturated carbocycles. The number of H-pyrrole nitrogens is 1. The summed E-state index contributed by atoms with van der Waals surface area (Å²) in [5, 5.41) is 3.11. The molecule has 0 aromatic carbocycles. The smallest absolute Gasteiger partial charge is 0.222 e. The average molecular weight is 288 g/mol. The lowest BCUT2D eigenvalue weighted by Crippen LogP contribution is -2.49. The normalized spacial score (nSPS) is 19.2. The highest BCUT2D eigenvalue weighted by molar-refractivity contribution is 5.83. The van der Waals surface area contributed by atoms with Crippen molar-refractivity contribution in [3.63, 3.8) is 0 Å². The zero-order valence-corrected chi connectivity index (χ0v) is 12.3. The predicted octanol–water partition coefficient (Wildman–Crippen LogP) is 1.09. The van der Waals surface area contributed by atoms with Crippen molar-refractivity contribution >= 4 is 22.9 Å². The highest BCUT2D eigenvalue weighted by Crippen LogP contribution is 2.23. The van der Waals surface area contributed by atoms with Gasteiger partial charge in [-0.05, 0) is 12.8 Å². The van der Waals surface area contributed by atoms with E-state index in [4.69, 9.17) is 0 Å². The molecule has 2 aromatic heterocycles. The van der Waals surface area contributed by atoms with Crippen molar-refractivity contribution in [2.24, 2.45) is 5.92 Å². The van der Waals surface area contributed by atoms with Crippen LogP contribution in [-0.4, -0.2) is 45.0 Å². The Hall–Kier alpha value is -2.18. The Morgan fingerprint density at radius 1 is 1.43 bits per heavy atom. The van der Waals surface area contributed by atoms with Gasteiger partial charge in [0.2, 0.25) is 5.91 Å². The van der Waals surface area contributed by atoms with Crippen molar-refractivity contribution in [2.45, 2.75) is 32.7 Å². The summed E-state index contributed by atoms with van der Waals surface area (Å²) in [5.41, 5.74) is 1.53. The summed E-state index contributed by atoms with van der Waals surface area (Å²) in [7, 11) is 0. The number of carbonyl (C=O) groups is 1. The Kier molecular flexibility index (Phi) is 3.72. The molecule has 1 fully saturated rings. The van der Waals surface area contributed by atoms with Crippen LogP contribution in [-0.2, 0) is 4.79 Å². The van der Waals surface area contributed by atoms with Crippen LogP contribution in [0.25, 0.3) is 11.2 Å². The van der Waals surface area contributed by atoms with Crippen molar-refractivity contribution < 1.29 is 4.79 Å². The molecule has 1 atom stereocenters. The zero-order chi connectivity index (χ0) is 14.8. The van der Waals surface area contributed by atoms with Gasteiger partial charge in [0, 0.05) is 25.0 Å². The van der Waals surface area contributed by atoms with E-state index in [0.29, 0.717) is 5.65 Å². The summed E-state index contributed by atoms with van der Waals surface area (Å²) in [5.74, 6) is 0.982. The summed E-state index contributed by atoms with van der Waals surface area (Å²) in [6.45, 7) is 5.52. The number of hydrogen-bond acceptors (Lipinski definition) is 5. The summed E-state index contributed by atoms with van der Waals surface area (Å²) in [6.07, 6.45) is 5.20. The van der Waals surface area contributed by atoms with Crippen LogP contribution in [0.3, 0.4) is 0 Å². The van der Waals surface area contributed by atoms with Gasteiger partial charge in [-0.25, -0.2) is 15.0 Å². The second kappa shape index (κ2) is 5.67. The fraction of sp³-hybridized carbons (Fsp3) is 0.571. The number of imidazole rings is 1. The van der Waals surface area contributed by atoms with Crippen LogP contribution in [0.15, 0.2) is 12.7 Å². The van der Waals surface area contributed by atoms with Crippen LogP contribution in [0.4, 0.5) is 5.82 Å². The van der Waals surface area contributed by atoms with Gasteiger partial charge < -0.3 is 15.2 Å². The van der Waals surface area contributed by atoms with Gasteiger partial charge >= 0.3 is 0 Å². The number of aromatic amines is 1. The maximum Gasteiger partial charge on any atom is 0.222 e. The number of aromatic nitrogens is 4. The lowest BCUT2D eigenvalue weighted by Gasteiger charge is -2.34. The average Bonchev–Trinajstić information content (AvgIpc) is 2.95. The minimum absolute atomic E-state index is 0.0127. The van der Waals surface area contributed by atoms with Crippen LogP contribution in [0.2, 0.25) is 0 Å². The number of nitrogens with one attached hydrogen (secondary N) is 2. The lowest BCUT2D eigenvalue weighted by atomic mass is 10.0. The third-order valence-corrected chi connectivity index (χ3v) is 3.79. The van der Waals surface area contributed by atoms with E-state index in [1.165, 1.54) is 6.33 Å². The van der Waals surface area contributed by atoms with Crippen molar-refractivity contribution in [3.05, 3.63) is 12.7 Å². The molecule has 1 aliphatic rings. The number of nitrogens with zero attached hydrogens (tertiary/aromatic N) is 4. The Morgan fingerprint density at radius 2 is 2.29 bits per heavy atom. The molecule has 0 spiro atoms. The highest BCUT2D eigenvalue weighted by atomic mass is 16.1. The maximum atomic E-state index is 11.9. The van der Waals surface area contributed by atoms with E-state index in [0.717, 1.165) is 37.3 Å². The molecule has 0 aliphatic carbocycles. The molecule has 7 nitrogen and oxygen atoms in total. The molecule has 0 bridgehead atoms. The standard InChI is InChI=1S/C14H20N6O/c1-9(2)14(21)19-10-4-3-5-20(6-10)13-11-12(16-7-15-11)17-8-18-13/h7-10H,3-6H2,1-2H3,(H,19,21)(H,15,16,17,18). The fourth-order valence-electron chi connectivity index (χ4n) is 2.65. The first-order valence-electron chi connectivity index (χ1n) is 7.34. The van der Waals surface area contributed by atoms with Crippen molar-refractivity contribution in [3.8, 4) is 0 Å². The second-order valence-electron chi connectivity index (χ2n) is 5.75. The van der Waals surface area contributed by atoms with Crippen LogP contribution in [0.5, 0.6) is 0 Å². The van der Waals surface area contributed by atoms with Gasteiger partial charge in [-0.15, -0.1) is 0 Å². The van der Waals surface area contributed by atoms with E-state index in [-0.39, 0.29) is 17.9 Å². The molecular formula is C14H20N6O. The van der Waals surface area contributed by atoms with E-state index >= 15 is 0 Å². The van der Waals surface area contributed by atoms with Crippen LogP contribution in [0, 0.1) is 5.92 Å². The highest BCUT2D eigenvalue weighted by Gasteiger charge is 2.24. The zero-order valence-electron chi connectivity index (χ0n) is 12.3. The van der Waals surface area contributed by atoms with Gasteiger partial charge in [0.1, 0.15) is 11.8 Å². The van der Waals surface area contributed by atoms with E-state index in [9.17, 15) is 4.79 Å². The number of rotatable bonds is 3. The van der Waals surface area contributed by atoms with Crippen LogP contribution >= 0.6 is 0 Å². The number of piperidine rings is 1. The molecule has 3 heterocycles. The molecule has 1 unspecified atom stereocenters. The Morgan fingerprint density at radius 3 is 3.10 bits per heavy atom. The lowest BCUT2D eigenvalue weighted by molar-refractivity contribution is -0.124. The molecule has 112 valence electrons. The van der Waals surface area contributed by atoms with Gasteiger partial charge in [-0.1, -0.05) is 13.8 Å². The first-order chi connectivity index (χ1) is 10.1. The largest absolute Gasteiger partial charge is 0.353 e. The van der Waals surface area contributed by atoms with Crippen molar-refractivity contribution in [1.82, 2.24) is 25.3 Å². The first-order valence-corrected chi connectivity index (χ1v) is 7.34. The summed E-state index contributed by atoms with van der Waals surface area (Å²) < 4.78 is 0. The van der Waals surface area contributed by atoms with Crippen molar-refractivity contribution in [2.75, 3.05) is 18.0 Å². The number of amides is 1. The second-order valence-corrected chi connectivity index (χ2v) is 5.75. The fourth-order valence-corrected chi connectivity index (χ4v) is 2.65. The third-order valence-electron chi connectivity index (χ3n) is 3.79. The third kappa shape index (κ3) is 2.81. The van der Waals surface area contributed by atoms with Gasteiger partial charge in [0.05, 0.1) is 6.33 Å². The molecular weight excluding hydrogens is 268 g/mol. The van der Waals surface area contributed by atoms with Crippen molar-refractivity contribution in [1.29, 1.82) is 0 Å². The molecule has 3 rings (SSSR count). The molecule has 1 amide bonds. The SMILES string of the molecule is CC(C)C(=O)NC1CCCN(c2ncnc3nc[nH]c23)C1. The minimum atomic E-state index is 0.0127. The first kappa shape index (κ1) is 13.8. The topological polar surface area (TPSA) is 86.8 Å². The van der Waals surface area contributed by atoms with Gasteiger partial charge in [0.15, 0.2) is 11.5 Å². The van der Waals surface area contributed by atoms with E-state index in [1.807, 2.05) is 13.8 Å². The number of anilines is 1. The minimum Gasteiger partial charge on any atom is -0.353 e. The number of carbonyl (C=O) groups excluding carboxylic acids is 1. The predicted molar refractivity (Wildman–Crippen MR) is 79.9 cm³/mol. The summed E-state index contributed by atoms with van der Waals surface area (Å²) in [4.78, 5) is 29.8. The van der Waals surface area contributed by atoms with E-state index < -0.39 is 0 Å². The van der Waals surface area contributed by atoms with Gasteiger partial charge in [-0.3, -0.25) is 4.79 Å². The van der Waals surface area contributed by atoms with Gasteiger partial charge in [-0.2, -0.15) is 0 Å². The number of hydrogen-bond donors (Lipinski definition) is 2. The molecule has 0 radical (unpaired) electrons. The monoisotopic (exact) mass is 288 g/mol. The van der Waals surface area contributed by atoms with Gasteiger partial charge in [0.25, 0.3) is 0 Å². The Labute approximate surface area is 123 Å². The molecule has 1 saturated heterocycles. The summed E-state index contributed by atoms with van der Waals surface area (Å²) >= 11 is 0. The Bertz CT molecular complexity index is 637. The van der Waals surface area contributed by atoms with E-state index in [1.54, 1.807) is 6.33 Å². The number of fused-ring (bicyclic) bond motifs is 1. The molecule has 7 heteroatoms.